The van der Waals surface area contributed by atoms with Crippen LogP contribution in [0.25, 0.3) is 0 Å². The van der Waals surface area contributed by atoms with Crippen molar-refractivity contribution >= 4 is 22.6 Å². The van der Waals surface area contributed by atoms with Gasteiger partial charge >= 0.3 is 0 Å². The Kier molecular flexibility index (Phi) is 4.56. The van der Waals surface area contributed by atoms with Gasteiger partial charge in [-0.3, -0.25) is 0 Å². The highest BCUT2D eigenvalue weighted by molar-refractivity contribution is 9.38. The van der Waals surface area contributed by atoms with Crippen LogP contribution in [0.15, 0.2) is 0 Å². The van der Waals surface area contributed by atoms with Crippen LogP contribution in [-0.2, 0) is 9.05 Å². The summed E-state index contributed by atoms with van der Waals surface area (Å²) >= 11 is 3.10. The molecule has 0 aliphatic heterocycles. The Morgan fingerprint density at radius 2 is 1.67 bits per heavy atom. The van der Waals surface area contributed by atoms with Crippen molar-refractivity contribution in [1.82, 2.24) is 0 Å². The molecule has 0 bridgehead atoms. The summed E-state index contributed by atoms with van der Waals surface area (Å²) < 4.78 is 9.32. The minimum atomic E-state index is -0.764. The van der Waals surface area contributed by atoms with Gasteiger partial charge in [0.2, 0.25) is 7.08 Å². The SMILES string of the molecule is COP(Br)OC. The van der Waals surface area contributed by atoms with Crippen molar-refractivity contribution in [1.29, 1.82) is 0 Å². The van der Waals surface area contributed by atoms with Gasteiger partial charge in [0, 0.05) is 29.7 Å². The van der Waals surface area contributed by atoms with E-state index >= 15 is 0 Å². The van der Waals surface area contributed by atoms with Crippen molar-refractivity contribution < 1.29 is 9.05 Å². The molecule has 4 heteroatoms. The van der Waals surface area contributed by atoms with Crippen molar-refractivity contribution in [2.24, 2.45) is 0 Å². The highest BCUT2D eigenvalue weighted by atomic mass is 79.9. The van der Waals surface area contributed by atoms with Crippen molar-refractivity contribution in [3.63, 3.8) is 0 Å². The van der Waals surface area contributed by atoms with Gasteiger partial charge in [-0.05, 0) is 0 Å². The Bertz CT molecular complexity index is 30.7. The van der Waals surface area contributed by atoms with E-state index in [9.17, 15) is 0 Å². The summed E-state index contributed by atoms with van der Waals surface area (Å²) in [6.07, 6.45) is 0. The molecule has 0 atom stereocenters. The minimum Gasteiger partial charge on any atom is -0.329 e. The standard InChI is InChI=1S/C2H6BrO2P/c1-4-6(3)5-2/h1-2H3. The Balaban J connectivity index is 2.75. The van der Waals surface area contributed by atoms with E-state index < -0.39 is 7.08 Å². The van der Waals surface area contributed by atoms with E-state index in [0.29, 0.717) is 0 Å². The first-order valence-corrected chi connectivity index (χ1v) is 4.55. The van der Waals surface area contributed by atoms with Gasteiger partial charge < -0.3 is 9.05 Å². The van der Waals surface area contributed by atoms with Crippen LogP contribution < -0.4 is 0 Å². The number of hydrogen-bond acceptors (Lipinski definition) is 2. The molecule has 0 N–H and O–H groups in total. The lowest BCUT2D eigenvalue weighted by Gasteiger charge is -1.98. The van der Waals surface area contributed by atoms with E-state index in [-0.39, 0.29) is 0 Å². The molecule has 0 aromatic rings. The van der Waals surface area contributed by atoms with Crippen molar-refractivity contribution in [3.8, 4) is 0 Å². The zero-order valence-corrected chi connectivity index (χ0v) is 6.12. The summed E-state index contributed by atoms with van der Waals surface area (Å²) in [4.78, 5) is 0. The topological polar surface area (TPSA) is 18.5 Å². The van der Waals surface area contributed by atoms with Crippen molar-refractivity contribution in [2.45, 2.75) is 0 Å². The Morgan fingerprint density at radius 1 is 1.33 bits per heavy atom. The molecule has 2 nitrogen and oxygen atoms in total. The molecule has 0 spiro atoms. The number of halogens is 1. The second kappa shape index (κ2) is 4.00. The molecule has 38 valence electrons. The fourth-order valence-corrected chi connectivity index (χ4v) is 0.224. The van der Waals surface area contributed by atoms with Crippen LogP contribution in [0.1, 0.15) is 0 Å². The molecular weight excluding hydrogens is 167 g/mol. The molecule has 0 aliphatic carbocycles. The molecule has 0 aromatic carbocycles. The number of hydrogen-bond donors (Lipinski definition) is 0. The third-order valence-corrected chi connectivity index (χ3v) is 2.60. The molecule has 6 heavy (non-hydrogen) atoms. The smallest absolute Gasteiger partial charge is 0.246 e. The Labute approximate surface area is 46.5 Å². The van der Waals surface area contributed by atoms with Gasteiger partial charge in [0.15, 0.2) is 0 Å². The summed E-state index contributed by atoms with van der Waals surface area (Å²) in [7, 11) is 2.41. The van der Waals surface area contributed by atoms with Crippen LogP contribution in [0.2, 0.25) is 0 Å². The monoisotopic (exact) mass is 172 g/mol. The van der Waals surface area contributed by atoms with Gasteiger partial charge in [0.25, 0.3) is 0 Å². The molecule has 0 saturated heterocycles. The molecular formula is C2H6BrO2P. The fourth-order valence-electron chi connectivity index (χ4n) is 0.0745. The Hall–Kier alpha value is 0.830. The average molecular weight is 173 g/mol. The summed E-state index contributed by atoms with van der Waals surface area (Å²) in [6.45, 7) is 0. The molecule has 0 rings (SSSR count). The highest BCUT2D eigenvalue weighted by Crippen LogP contribution is 2.44. The molecule has 0 unspecified atom stereocenters. The quantitative estimate of drug-likeness (QED) is 0.593. The third-order valence-electron chi connectivity index (χ3n) is 0.287. The van der Waals surface area contributed by atoms with Crippen molar-refractivity contribution in [3.05, 3.63) is 0 Å². The van der Waals surface area contributed by atoms with Gasteiger partial charge in [-0.2, -0.15) is 0 Å². The number of rotatable bonds is 2. The van der Waals surface area contributed by atoms with Gasteiger partial charge in [-0.1, -0.05) is 0 Å². The van der Waals surface area contributed by atoms with E-state index in [1.165, 1.54) is 0 Å². The summed E-state index contributed by atoms with van der Waals surface area (Å²) in [5, 5.41) is 0. The molecule has 0 aliphatic rings. The van der Waals surface area contributed by atoms with E-state index in [1.807, 2.05) is 0 Å². The second-order valence-electron chi connectivity index (χ2n) is 0.578. The van der Waals surface area contributed by atoms with Gasteiger partial charge in [0.1, 0.15) is 0 Å². The predicted molar refractivity (Wildman–Crippen MR) is 29.9 cm³/mol. The van der Waals surface area contributed by atoms with Crippen LogP contribution in [0.4, 0.5) is 0 Å². The first kappa shape index (κ1) is 6.83. The van der Waals surface area contributed by atoms with E-state index in [1.54, 1.807) is 14.2 Å². The van der Waals surface area contributed by atoms with Crippen LogP contribution in [0.3, 0.4) is 0 Å². The maximum absolute atomic E-state index is 4.66. The summed E-state index contributed by atoms with van der Waals surface area (Å²) in [5.41, 5.74) is 0. The van der Waals surface area contributed by atoms with Crippen LogP contribution in [0, 0.1) is 0 Å². The molecule has 0 aromatic heterocycles. The zero-order valence-electron chi connectivity index (χ0n) is 3.64. The minimum absolute atomic E-state index is 0.764. The van der Waals surface area contributed by atoms with Gasteiger partial charge in [0.05, 0.1) is 0 Å². The van der Waals surface area contributed by atoms with Gasteiger partial charge in [-0.15, -0.1) is 0 Å². The summed E-state index contributed by atoms with van der Waals surface area (Å²) in [5.74, 6) is 0. The predicted octanol–water partition coefficient (Wildman–Crippen LogP) is 1.90. The zero-order chi connectivity index (χ0) is 4.99. The average Bonchev–Trinajstić information content (AvgIpc) is 1.65. The highest BCUT2D eigenvalue weighted by Gasteiger charge is 1.93. The molecule has 0 fully saturated rings. The van der Waals surface area contributed by atoms with Crippen molar-refractivity contribution in [2.75, 3.05) is 14.2 Å². The first-order chi connectivity index (χ1) is 2.81. The normalized spacial score (nSPS) is 10.0. The lowest BCUT2D eigenvalue weighted by atomic mass is 11.8. The lowest BCUT2D eigenvalue weighted by Crippen LogP contribution is -1.68. The van der Waals surface area contributed by atoms with E-state index in [0.717, 1.165) is 0 Å². The Morgan fingerprint density at radius 3 is 1.67 bits per heavy atom. The van der Waals surface area contributed by atoms with Crippen LogP contribution >= 0.6 is 22.6 Å². The molecule has 0 amide bonds. The van der Waals surface area contributed by atoms with Crippen LogP contribution in [-0.4, -0.2) is 14.2 Å². The van der Waals surface area contributed by atoms with Gasteiger partial charge in [-0.25, -0.2) is 0 Å². The largest absolute Gasteiger partial charge is 0.329 e. The maximum Gasteiger partial charge on any atom is 0.246 e. The van der Waals surface area contributed by atoms with Crippen LogP contribution in [0.5, 0.6) is 0 Å². The second-order valence-corrected chi connectivity index (χ2v) is 3.47. The fraction of sp³-hybridized carbons (Fsp3) is 1.00. The molecule has 0 radical (unpaired) electrons. The maximum atomic E-state index is 4.66. The molecule has 0 heterocycles. The first-order valence-electron chi connectivity index (χ1n) is 1.35. The lowest BCUT2D eigenvalue weighted by molar-refractivity contribution is 0.358. The molecule has 0 saturated carbocycles. The third kappa shape index (κ3) is 3.04. The summed E-state index contributed by atoms with van der Waals surface area (Å²) in [6, 6.07) is 0. The van der Waals surface area contributed by atoms with E-state index in [4.69, 9.17) is 0 Å². The van der Waals surface area contributed by atoms with E-state index in [2.05, 4.69) is 24.5 Å².